The van der Waals surface area contributed by atoms with Crippen molar-refractivity contribution in [3.05, 3.63) is 47.0 Å². The first-order valence-electron chi connectivity index (χ1n) is 9.68. The van der Waals surface area contributed by atoms with Crippen molar-refractivity contribution in [2.24, 2.45) is 7.05 Å². The highest BCUT2D eigenvalue weighted by atomic mass is 19.1. The van der Waals surface area contributed by atoms with E-state index in [1.165, 1.54) is 13.2 Å². The first-order chi connectivity index (χ1) is 13.4. The number of hydrogen-bond donors (Lipinski definition) is 0. The minimum absolute atomic E-state index is 0.00841. The lowest BCUT2D eigenvalue weighted by Crippen LogP contribution is -2.39. The van der Waals surface area contributed by atoms with Crippen LogP contribution in [0.4, 0.5) is 4.39 Å². The van der Waals surface area contributed by atoms with E-state index in [0.717, 1.165) is 37.2 Å². The Morgan fingerprint density at radius 2 is 2.11 bits per heavy atom. The molecule has 152 valence electrons. The third-order valence-corrected chi connectivity index (χ3v) is 5.21. The largest absolute Gasteiger partial charge is 0.494 e. The number of benzene rings is 1. The van der Waals surface area contributed by atoms with Gasteiger partial charge in [-0.1, -0.05) is 6.07 Å². The molecule has 1 aromatic carbocycles. The topological polar surface area (TPSA) is 50.6 Å². The molecule has 0 saturated carbocycles. The quantitative estimate of drug-likeness (QED) is 0.764. The van der Waals surface area contributed by atoms with Gasteiger partial charge in [0.2, 0.25) is 5.91 Å². The minimum Gasteiger partial charge on any atom is -0.494 e. The summed E-state index contributed by atoms with van der Waals surface area (Å²) in [7, 11) is 7.42. The number of carbonyl (C=O) groups is 1. The zero-order chi connectivity index (χ0) is 20.3. The molecule has 0 unspecified atom stereocenters. The van der Waals surface area contributed by atoms with Gasteiger partial charge in [0.25, 0.3) is 0 Å². The predicted molar refractivity (Wildman–Crippen MR) is 106 cm³/mol. The molecule has 7 heteroatoms. The van der Waals surface area contributed by atoms with Gasteiger partial charge >= 0.3 is 0 Å². The molecule has 1 aliphatic heterocycles. The van der Waals surface area contributed by atoms with Gasteiger partial charge in [0.1, 0.15) is 0 Å². The van der Waals surface area contributed by atoms with Gasteiger partial charge in [-0.2, -0.15) is 5.10 Å². The van der Waals surface area contributed by atoms with Crippen molar-refractivity contribution in [2.75, 3.05) is 27.7 Å². The lowest BCUT2D eigenvalue weighted by atomic mass is 9.98. The van der Waals surface area contributed by atoms with Gasteiger partial charge in [-0.3, -0.25) is 9.48 Å². The lowest BCUT2D eigenvalue weighted by Gasteiger charge is -2.35. The Morgan fingerprint density at radius 1 is 1.32 bits per heavy atom. The number of aryl methyl sites for hydroxylation is 1. The Balaban J connectivity index is 1.77. The number of likely N-dealkylation sites (tertiary alicyclic amines) is 1. The molecule has 0 bridgehead atoms. The van der Waals surface area contributed by atoms with Crippen molar-refractivity contribution in [2.45, 2.75) is 38.3 Å². The third kappa shape index (κ3) is 4.52. The fourth-order valence-electron chi connectivity index (χ4n) is 3.80. The molecule has 2 heterocycles. The van der Waals surface area contributed by atoms with Crippen molar-refractivity contribution in [3.8, 4) is 5.75 Å². The van der Waals surface area contributed by atoms with Crippen LogP contribution in [0, 0.1) is 5.82 Å². The molecule has 1 aromatic heterocycles. The second-order valence-electron chi connectivity index (χ2n) is 7.67. The number of amides is 1. The minimum atomic E-state index is -0.443. The van der Waals surface area contributed by atoms with Crippen molar-refractivity contribution < 1.29 is 13.9 Å². The number of hydrogen-bond acceptors (Lipinski definition) is 4. The van der Waals surface area contributed by atoms with E-state index in [-0.39, 0.29) is 24.1 Å². The second-order valence-corrected chi connectivity index (χ2v) is 7.67. The van der Waals surface area contributed by atoms with Gasteiger partial charge in [0, 0.05) is 20.1 Å². The molecule has 1 fully saturated rings. The van der Waals surface area contributed by atoms with Gasteiger partial charge in [-0.15, -0.1) is 0 Å². The zero-order valence-electron chi connectivity index (χ0n) is 17.1. The normalized spacial score (nSPS) is 17.2. The van der Waals surface area contributed by atoms with Crippen LogP contribution in [0.15, 0.2) is 24.3 Å². The van der Waals surface area contributed by atoms with Gasteiger partial charge in [0.05, 0.1) is 31.0 Å². The Hall–Kier alpha value is -2.41. The summed E-state index contributed by atoms with van der Waals surface area (Å²) >= 11 is 0. The maximum atomic E-state index is 14.0. The van der Waals surface area contributed by atoms with Crippen LogP contribution >= 0.6 is 0 Å². The Kier molecular flexibility index (Phi) is 6.34. The molecular formula is C21H29FN4O2. The van der Waals surface area contributed by atoms with Gasteiger partial charge in [-0.25, -0.2) is 4.39 Å². The van der Waals surface area contributed by atoms with Crippen LogP contribution < -0.4 is 4.74 Å². The summed E-state index contributed by atoms with van der Waals surface area (Å²) < 4.78 is 20.8. The predicted octanol–water partition coefficient (Wildman–Crippen LogP) is 2.93. The SMILES string of the molecule is COc1ccc(CC(=O)N2CCCC[C@H]2c2cc(CN(C)C)n(C)n2)cc1F. The van der Waals surface area contributed by atoms with Crippen LogP contribution in [0.3, 0.4) is 0 Å². The average Bonchev–Trinajstić information content (AvgIpc) is 3.01. The Morgan fingerprint density at radius 3 is 2.79 bits per heavy atom. The molecule has 1 saturated heterocycles. The fourth-order valence-corrected chi connectivity index (χ4v) is 3.80. The molecule has 1 aliphatic rings. The maximum absolute atomic E-state index is 14.0. The summed E-state index contributed by atoms with van der Waals surface area (Å²) in [6.07, 6.45) is 3.14. The highest BCUT2D eigenvalue weighted by molar-refractivity contribution is 5.79. The molecule has 6 nitrogen and oxygen atoms in total. The molecule has 1 amide bonds. The summed E-state index contributed by atoms with van der Waals surface area (Å²) in [5.74, 6) is -0.246. The van der Waals surface area contributed by atoms with Crippen LogP contribution in [0.1, 0.15) is 42.3 Å². The number of aromatic nitrogens is 2. The van der Waals surface area contributed by atoms with Crippen LogP contribution in [-0.4, -0.2) is 53.2 Å². The molecular weight excluding hydrogens is 359 g/mol. The summed E-state index contributed by atoms with van der Waals surface area (Å²) in [6, 6.07) is 6.77. The maximum Gasteiger partial charge on any atom is 0.227 e. The summed E-state index contributed by atoms with van der Waals surface area (Å²) in [5.41, 5.74) is 2.71. The Bertz CT molecular complexity index is 834. The second kappa shape index (κ2) is 8.73. The smallest absolute Gasteiger partial charge is 0.227 e. The van der Waals surface area contributed by atoms with Crippen LogP contribution in [0.25, 0.3) is 0 Å². The van der Waals surface area contributed by atoms with Crippen LogP contribution in [0.5, 0.6) is 5.75 Å². The highest BCUT2D eigenvalue weighted by Crippen LogP contribution is 2.31. The van der Waals surface area contributed by atoms with E-state index in [2.05, 4.69) is 16.1 Å². The number of nitrogens with zero attached hydrogens (tertiary/aromatic N) is 4. The number of ether oxygens (including phenoxy) is 1. The van der Waals surface area contributed by atoms with Gasteiger partial charge in [0.15, 0.2) is 11.6 Å². The Labute approximate surface area is 165 Å². The first kappa shape index (κ1) is 20.3. The summed E-state index contributed by atoms with van der Waals surface area (Å²) in [6.45, 7) is 1.51. The van der Waals surface area contributed by atoms with Crippen LogP contribution in [0.2, 0.25) is 0 Å². The highest BCUT2D eigenvalue weighted by Gasteiger charge is 2.30. The number of rotatable bonds is 6. The monoisotopic (exact) mass is 388 g/mol. The number of halogens is 1. The molecule has 0 radical (unpaired) electrons. The van der Waals surface area contributed by atoms with E-state index in [0.29, 0.717) is 12.1 Å². The molecule has 3 rings (SSSR count). The molecule has 0 spiro atoms. The third-order valence-electron chi connectivity index (χ3n) is 5.21. The van der Waals surface area contributed by atoms with Crippen LogP contribution in [-0.2, 0) is 24.8 Å². The van der Waals surface area contributed by atoms with E-state index in [9.17, 15) is 9.18 Å². The lowest BCUT2D eigenvalue weighted by molar-refractivity contribution is -0.134. The summed E-state index contributed by atoms with van der Waals surface area (Å²) in [4.78, 5) is 17.0. The number of piperidine rings is 1. The zero-order valence-corrected chi connectivity index (χ0v) is 17.1. The van der Waals surface area contributed by atoms with E-state index in [4.69, 9.17) is 4.74 Å². The molecule has 0 N–H and O–H groups in total. The number of carbonyl (C=O) groups excluding carboxylic acids is 1. The fraction of sp³-hybridized carbons (Fsp3) is 0.524. The summed E-state index contributed by atoms with van der Waals surface area (Å²) in [5, 5.41) is 4.68. The van der Waals surface area contributed by atoms with Crippen molar-refractivity contribution in [1.82, 2.24) is 19.6 Å². The molecule has 0 aliphatic carbocycles. The molecule has 1 atom stereocenters. The van der Waals surface area contributed by atoms with E-state index < -0.39 is 5.82 Å². The van der Waals surface area contributed by atoms with Crippen molar-refractivity contribution in [1.29, 1.82) is 0 Å². The molecule has 28 heavy (non-hydrogen) atoms. The molecule has 2 aromatic rings. The van der Waals surface area contributed by atoms with E-state index >= 15 is 0 Å². The number of methoxy groups -OCH3 is 1. The van der Waals surface area contributed by atoms with Crippen molar-refractivity contribution >= 4 is 5.91 Å². The van der Waals surface area contributed by atoms with Crippen molar-refractivity contribution in [3.63, 3.8) is 0 Å². The average molecular weight is 388 g/mol. The van der Waals surface area contributed by atoms with E-state index in [1.807, 2.05) is 30.7 Å². The van der Waals surface area contributed by atoms with E-state index in [1.54, 1.807) is 12.1 Å². The van der Waals surface area contributed by atoms with Gasteiger partial charge < -0.3 is 14.5 Å². The standard InChI is InChI=1S/C21H29FN4O2/c1-24(2)14-16-13-18(23-25(16)3)19-7-5-6-10-26(19)21(27)12-15-8-9-20(28-4)17(22)11-15/h8-9,11,13,19H,5-7,10,12,14H2,1-4H3/t19-/m0/s1. The first-order valence-corrected chi connectivity index (χ1v) is 9.68. The van der Waals surface area contributed by atoms with Gasteiger partial charge in [-0.05, 0) is 57.1 Å².